The first-order valence-corrected chi connectivity index (χ1v) is 9.86. The molecule has 0 saturated heterocycles. The van der Waals surface area contributed by atoms with E-state index < -0.39 is 0 Å². The van der Waals surface area contributed by atoms with Crippen molar-refractivity contribution >= 4 is 39.1 Å². The molecule has 142 valence electrons. The third-order valence-electron chi connectivity index (χ3n) is 4.49. The third-order valence-corrected chi connectivity index (χ3v) is 6.02. The molecule has 0 spiro atoms. The lowest BCUT2D eigenvalue weighted by molar-refractivity contribution is -0.132. The number of carbonyl (C=O) groups excluding carboxylic acids is 1. The van der Waals surface area contributed by atoms with E-state index >= 15 is 0 Å². The van der Waals surface area contributed by atoms with Crippen molar-refractivity contribution in [1.82, 2.24) is 30.1 Å². The summed E-state index contributed by atoms with van der Waals surface area (Å²) >= 11 is 7.76. The molecule has 0 aliphatic carbocycles. The molecule has 0 bridgehead atoms. The summed E-state index contributed by atoms with van der Waals surface area (Å²) in [5.41, 5.74) is 1.62. The highest BCUT2D eigenvalue weighted by Crippen LogP contribution is 2.29. The molecule has 1 atom stereocenters. The molecule has 2 aromatic heterocycles. The van der Waals surface area contributed by atoms with Crippen LogP contribution in [-0.4, -0.2) is 43.0 Å². The Labute approximate surface area is 170 Å². The predicted octanol–water partition coefficient (Wildman–Crippen LogP) is 3.82. The number of para-hydroxylation sites is 1. The second-order valence-corrected chi connectivity index (χ2v) is 7.79. The molecule has 9 heteroatoms. The van der Waals surface area contributed by atoms with E-state index in [1.807, 2.05) is 49.4 Å². The van der Waals surface area contributed by atoms with Gasteiger partial charge in [-0.25, -0.2) is 4.98 Å². The fourth-order valence-corrected chi connectivity index (χ4v) is 4.03. The molecule has 1 amide bonds. The molecule has 7 nitrogen and oxygen atoms in total. The molecule has 0 aliphatic heterocycles. The highest BCUT2D eigenvalue weighted by atomic mass is 35.5. The lowest BCUT2D eigenvalue weighted by Crippen LogP contribution is -2.33. The number of benzene rings is 2. The normalized spacial score (nSPS) is 12.2. The first-order valence-electron chi connectivity index (χ1n) is 8.67. The number of tetrazole rings is 1. The minimum Gasteiger partial charge on any atom is -0.335 e. The Balaban J connectivity index is 1.48. The van der Waals surface area contributed by atoms with Gasteiger partial charge in [-0.3, -0.25) is 4.79 Å². The molecular formula is C19H17ClN6OS. The number of rotatable bonds is 5. The van der Waals surface area contributed by atoms with Crippen molar-refractivity contribution in [2.24, 2.45) is 0 Å². The van der Waals surface area contributed by atoms with Crippen LogP contribution < -0.4 is 0 Å². The van der Waals surface area contributed by atoms with Crippen LogP contribution in [0.4, 0.5) is 0 Å². The van der Waals surface area contributed by atoms with E-state index in [1.54, 1.807) is 29.4 Å². The quantitative estimate of drug-likeness (QED) is 0.498. The average Bonchev–Trinajstić information content (AvgIpc) is 3.34. The van der Waals surface area contributed by atoms with Gasteiger partial charge in [0.1, 0.15) is 11.6 Å². The molecular weight excluding hydrogens is 396 g/mol. The number of likely N-dealkylation sites (N-methyl/N-ethyl adjacent to an activating group) is 1. The highest BCUT2D eigenvalue weighted by molar-refractivity contribution is 7.18. The minimum atomic E-state index is -0.156. The van der Waals surface area contributed by atoms with E-state index in [0.29, 0.717) is 16.4 Å². The van der Waals surface area contributed by atoms with Gasteiger partial charge in [-0.05, 0) is 36.4 Å². The molecule has 4 rings (SSSR count). The van der Waals surface area contributed by atoms with Gasteiger partial charge in [0.2, 0.25) is 11.7 Å². The van der Waals surface area contributed by atoms with Gasteiger partial charge in [0, 0.05) is 12.6 Å². The fourth-order valence-electron chi connectivity index (χ4n) is 2.74. The summed E-state index contributed by atoms with van der Waals surface area (Å²) in [5, 5.41) is 13.7. The van der Waals surface area contributed by atoms with Crippen molar-refractivity contribution in [1.29, 1.82) is 0 Å². The Morgan fingerprint density at radius 3 is 2.75 bits per heavy atom. The summed E-state index contributed by atoms with van der Waals surface area (Å²) in [6.45, 7) is 1.95. The van der Waals surface area contributed by atoms with E-state index in [9.17, 15) is 4.79 Å². The maximum atomic E-state index is 12.7. The van der Waals surface area contributed by atoms with Crippen LogP contribution in [0.15, 0.2) is 48.5 Å². The monoisotopic (exact) mass is 412 g/mol. The largest absolute Gasteiger partial charge is 0.335 e. The summed E-state index contributed by atoms with van der Waals surface area (Å²) in [7, 11) is 1.75. The number of fused-ring (bicyclic) bond motifs is 1. The summed E-state index contributed by atoms with van der Waals surface area (Å²) < 4.78 is 1.10. The van der Waals surface area contributed by atoms with E-state index in [0.717, 1.165) is 15.2 Å². The Morgan fingerprint density at radius 2 is 1.96 bits per heavy atom. The number of thiazole rings is 1. The zero-order valence-electron chi connectivity index (χ0n) is 15.3. The Morgan fingerprint density at radius 1 is 1.21 bits per heavy atom. The van der Waals surface area contributed by atoms with Crippen LogP contribution in [0.3, 0.4) is 0 Å². The lowest BCUT2D eigenvalue weighted by Gasteiger charge is -2.22. The van der Waals surface area contributed by atoms with E-state index in [2.05, 4.69) is 20.4 Å². The number of amides is 1. The standard InChI is InChI=1S/C19H17ClN6OS/c1-12(19-21-15-9-5-6-10-16(15)28-19)25(2)17(27)11-26-23-18(22-24-26)13-7-3-4-8-14(13)20/h3-10,12H,11H2,1-2H3/t12-/m0/s1. The van der Waals surface area contributed by atoms with Gasteiger partial charge in [0.15, 0.2) is 0 Å². The first-order chi connectivity index (χ1) is 13.5. The van der Waals surface area contributed by atoms with Crippen molar-refractivity contribution in [3.05, 3.63) is 58.6 Å². The van der Waals surface area contributed by atoms with E-state index in [1.165, 1.54) is 4.80 Å². The van der Waals surface area contributed by atoms with Crippen LogP contribution in [0.1, 0.15) is 18.0 Å². The maximum absolute atomic E-state index is 12.7. The number of hydrogen-bond acceptors (Lipinski definition) is 6. The zero-order valence-corrected chi connectivity index (χ0v) is 16.9. The molecule has 28 heavy (non-hydrogen) atoms. The second kappa shape index (κ2) is 7.65. The SMILES string of the molecule is C[C@@H](c1nc2ccccc2s1)N(C)C(=O)Cn1nnc(-c2ccccc2Cl)n1. The molecule has 0 N–H and O–H groups in total. The van der Waals surface area contributed by atoms with E-state index in [4.69, 9.17) is 11.6 Å². The van der Waals surface area contributed by atoms with Crippen LogP contribution in [-0.2, 0) is 11.3 Å². The van der Waals surface area contributed by atoms with Crippen molar-refractivity contribution in [2.45, 2.75) is 19.5 Å². The Kier molecular flexibility index (Phi) is 5.06. The molecule has 0 aliphatic rings. The van der Waals surface area contributed by atoms with Gasteiger partial charge in [-0.2, -0.15) is 4.80 Å². The number of halogens is 1. The smallest absolute Gasteiger partial charge is 0.246 e. The average molecular weight is 413 g/mol. The summed E-state index contributed by atoms with van der Waals surface area (Å²) in [5.74, 6) is 0.259. The first kappa shape index (κ1) is 18.5. The molecule has 0 radical (unpaired) electrons. The van der Waals surface area contributed by atoms with Crippen molar-refractivity contribution < 1.29 is 4.79 Å². The van der Waals surface area contributed by atoms with Gasteiger partial charge < -0.3 is 4.90 Å². The number of aromatic nitrogens is 5. The van der Waals surface area contributed by atoms with Crippen molar-refractivity contribution in [3.63, 3.8) is 0 Å². The summed E-state index contributed by atoms with van der Waals surface area (Å²) in [6, 6.07) is 15.0. The molecule has 2 aromatic carbocycles. The molecule has 4 aromatic rings. The number of nitrogens with zero attached hydrogens (tertiary/aromatic N) is 6. The van der Waals surface area contributed by atoms with Crippen LogP contribution in [0, 0.1) is 0 Å². The minimum absolute atomic E-state index is 0.0107. The number of carbonyl (C=O) groups is 1. The van der Waals surface area contributed by atoms with Crippen molar-refractivity contribution in [2.75, 3.05) is 7.05 Å². The van der Waals surface area contributed by atoms with Crippen LogP contribution in [0.5, 0.6) is 0 Å². The Bertz CT molecular complexity index is 1110. The van der Waals surface area contributed by atoms with Crippen molar-refractivity contribution in [3.8, 4) is 11.4 Å². The summed E-state index contributed by atoms with van der Waals surface area (Å²) in [6.07, 6.45) is 0. The molecule has 0 fully saturated rings. The molecule has 0 saturated carbocycles. The van der Waals surface area contributed by atoms with Crippen LogP contribution in [0.25, 0.3) is 21.6 Å². The van der Waals surface area contributed by atoms with E-state index in [-0.39, 0.29) is 18.5 Å². The zero-order chi connectivity index (χ0) is 19.7. The topological polar surface area (TPSA) is 76.8 Å². The number of hydrogen-bond donors (Lipinski definition) is 0. The van der Waals surface area contributed by atoms with Gasteiger partial charge >= 0.3 is 0 Å². The van der Waals surface area contributed by atoms with Crippen LogP contribution >= 0.6 is 22.9 Å². The van der Waals surface area contributed by atoms with Gasteiger partial charge in [-0.15, -0.1) is 21.5 Å². The fraction of sp³-hybridized carbons (Fsp3) is 0.211. The van der Waals surface area contributed by atoms with Gasteiger partial charge in [0.05, 0.1) is 21.3 Å². The third kappa shape index (κ3) is 3.61. The lowest BCUT2D eigenvalue weighted by atomic mass is 10.2. The Hall–Kier alpha value is -2.84. The molecule has 0 unspecified atom stereocenters. The van der Waals surface area contributed by atoms with Crippen LogP contribution in [0.2, 0.25) is 5.02 Å². The maximum Gasteiger partial charge on any atom is 0.246 e. The summed E-state index contributed by atoms with van der Waals surface area (Å²) in [4.78, 5) is 20.3. The predicted molar refractivity (Wildman–Crippen MR) is 109 cm³/mol. The second-order valence-electron chi connectivity index (χ2n) is 6.32. The van der Waals surface area contributed by atoms with Gasteiger partial charge in [0.25, 0.3) is 0 Å². The highest BCUT2D eigenvalue weighted by Gasteiger charge is 2.22. The molecule has 2 heterocycles. The van der Waals surface area contributed by atoms with Gasteiger partial charge in [-0.1, -0.05) is 35.9 Å².